The van der Waals surface area contributed by atoms with E-state index in [1.807, 2.05) is 0 Å². The van der Waals surface area contributed by atoms with Gasteiger partial charge in [-0.15, -0.1) is 0 Å². The van der Waals surface area contributed by atoms with Gasteiger partial charge in [0.25, 0.3) is 5.56 Å². The highest BCUT2D eigenvalue weighted by atomic mass is 19.1. The van der Waals surface area contributed by atoms with Gasteiger partial charge in [-0.1, -0.05) is 6.07 Å². The summed E-state index contributed by atoms with van der Waals surface area (Å²) in [5.74, 6) is -2.57. The Hall–Kier alpha value is -2.24. The summed E-state index contributed by atoms with van der Waals surface area (Å²) in [5, 5.41) is 0. The molecule has 0 aliphatic rings. The minimum Gasteiger partial charge on any atom is -0.444 e. The third kappa shape index (κ3) is 2.22. The molecule has 4 nitrogen and oxygen atoms in total. The van der Waals surface area contributed by atoms with E-state index in [0.29, 0.717) is 6.54 Å². The zero-order valence-corrected chi connectivity index (χ0v) is 9.56. The minimum atomic E-state index is -0.874. The SMILES string of the molecule is CCn1cncc(Oc2c(F)cccc2F)c1=O. The van der Waals surface area contributed by atoms with Gasteiger partial charge in [-0.05, 0) is 19.1 Å². The predicted octanol–water partition coefficient (Wildman–Crippen LogP) is 2.33. The van der Waals surface area contributed by atoms with E-state index in [-0.39, 0.29) is 5.75 Å². The second kappa shape index (κ2) is 4.95. The number of para-hydroxylation sites is 1. The fourth-order valence-corrected chi connectivity index (χ4v) is 1.42. The van der Waals surface area contributed by atoms with Crippen LogP contribution in [0.5, 0.6) is 11.5 Å². The number of hydrogen-bond donors (Lipinski definition) is 0. The highest BCUT2D eigenvalue weighted by Gasteiger charge is 2.13. The van der Waals surface area contributed by atoms with E-state index in [1.165, 1.54) is 17.0 Å². The molecule has 6 heteroatoms. The molecule has 1 heterocycles. The van der Waals surface area contributed by atoms with Crippen LogP contribution in [0.4, 0.5) is 8.78 Å². The number of benzene rings is 1. The molecule has 18 heavy (non-hydrogen) atoms. The molecule has 0 unspecified atom stereocenters. The first-order valence-corrected chi connectivity index (χ1v) is 5.29. The second-order valence-electron chi connectivity index (χ2n) is 3.50. The van der Waals surface area contributed by atoms with Crippen molar-refractivity contribution in [2.75, 3.05) is 0 Å². The van der Waals surface area contributed by atoms with Crippen LogP contribution in [0.1, 0.15) is 6.92 Å². The summed E-state index contributed by atoms with van der Waals surface area (Å²) in [6.45, 7) is 2.14. The molecular formula is C12H10F2N2O2. The Kier molecular flexibility index (Phi) is 3.36. The molecule has 0 aliphatic carbocycles. The molecule has 0 fully saturated rings. The summed E-state index contributed by atoms with van der Waals surface area (Å²) in [6, 6.07) is 3.31. The normalized spacial score (nSPS) is 10.4. The Balaban J connectivity index is 2.44. The molecule has 0 radical (unpaired) electrons. The third-order valence-corrected chi connectivity index (χ3v) is 2.34. The molecule has 0 N–H and O–H groups in total. The molecule has 0 spiro atoms. The fraction of sp³-hybridized carbons (Fsp3) is 0.167. The Labute approximate surface area is 101 Å². The van der Waals surface area contributed by atoms with E-state index in [0.717, 1.165) is 18.3 Å². The maximum Gasteiger partial charge on any atom is 0.296 e. The van der Waals surface area contributed by atoms with E-state index >= 15 is 0 Å². The molecule has 0 amide bonds. The maximum absolute atomic E-state index is 13.4. The number of halogens is 2. The number of hydrogen-bond acceptors (Lipinski definition) is 3. The Morgan fingerprint density at radius 2 is 2.00 bits per heavy atom. The summed E-state index contributed by atoms with van der Waals surface area (Å²) in [6.07, 6.45) is 2.45. The predicted molar refractivity (Wildman–Crippen MR) is 60.6 cm³/mol. The van der Waals surface area contributed by atoms with E-state index in [2.05, 4.69) is 4.98 Å². The van der Waals surface area contributed by atoms with Gasteiger partial charge in [0.2, 0.25) is 5.75 Å². The molecule has 0 atom stereocenters. The summed E-state index contributed by atoms with van der Waals surface area (Å²) in [7, 11) is 0. The summed E-state index contributed by atoms with van der Waals surface area (Å²) >= 11 is 0. The van der Waals surface area contributed by atoms with Crippen molar-refractivity contribution in [1.82, 2.24) is 9.55 Å². The highest BCUT2D eigenvalue weighted by Crippen LogP contribution is 2.24. The van der Waals surface area contributed by atoms with Gasteiger partial charge in [0.15, 0.2) is 17.4 Å². The molecule has 1 aromatic carbocycles. The first kappa shape index (κ1) is 12.2. The lowest BCUT2D eigenvalue weighted by atomic mass is 10.3. The standard InChI is InChI=1S/C12H10F2N2O2/c1-2-16-7-15-6-10(12(16)17)18-11-8(13)4-3-5-9(11)14/h3-7H,2H2,1H3. The van der Waals surface area contributed by atoms with Crippen molar-refractivity contribution in [3.63, 3.8) is 0 Å². The van der Waals surface area contributed by atoms with Crippen molar-refractivity contribution in [3.8, 4) is 11.5 Å². The Morgan fingerprint density at radius 1 is 1.33 bits per heavy atom. The van der Waals surface area contributed by atoms with Gasteiger partial charge in [0.1, 0.15) is 0 Å². The minimum absolute atomic E-state index is 0.219. The van der Waals surface area contributed by atoms with Crippen molar-refractivity contribution in [2.24, 2.45) is 0 Å². The molecule has 0 bridgehead atoms. The van der Waals surface area contributed by atoms with Gasteiger partial charge in [-0.25, -0.2) is 13.8 Å². The summed E-state index contributed by atoms with van der Waals surface area (Å²) in [5.41, 5.74) is -0.491. The van der Waals surface area contributed by atoms with Crippen LogP contribution in [0, 0.1) is 11.6 Å². The summed E-state index contributed by atoms with van der Waals surface area (Å²) in [4.78, 5) is 15.5. The quantitative estimate of drug-likeness (QED) is 0.842. The lowest BCUT2D eigenvalue weighted by Crippen LogP contribution is -2.20. The zero-order valence-electron chi connectivity index (χ0n) is 9.56. The van der Waals surface area contributed by atoms with Crippen molar-refractivity contribution in [2.45, 2.75) is 13.5 Å². The van der Waals surface area contributed by atoms with Gasteiger partial charge < -0.3 is 4.74 Å². The average molecular weight is 252 g/mol. The monoisotopic (exact) mass is 252 g/mol. The third-order valence-electron chi connectivity index (χ3n) is 2.34. The lowest BCUT2D eigenvalue weighted by molar-refractivity contribution is 0.397. The van der Waals surface area contributed by atoms with Gasteiger partial charge in [-0.2, -0.15) is 0 Å². The molecule has 0 saturated carbocycles. The van der Waals surface area contributed by atoms with Crippen molar-refractivity contribution >= 4 is 0 Å². The summed E-state index contributed by atoms with van der Waals surface area (Å²) < 4.78 is 33.0. The smallest absolute Gasteiger partial charge is 0.296 e. The zero-order chi connectivity index (χ0) is 13.1. The number of rotatable bonds is 3. The van der Waals surface area contributed by atoms with E-state index in [4.69, 9.17) is 4.74 Å². The molecular weight excluding hydrogens is 242 g/mol. The molecule has 94 valence electrons. The lowest BCUT2D eigenvalue weighted by Gasteiger charge is -2.08. The van der Waals surface area contributed by atoms with Crippen LogP contribution in [0.3, 0.4) is 0 Å². The average Bonchev–Trinajstić information content (AvgIpc) is 2.36. The number of aryl methyl sites for hydroxylation is 1. The second-order valence-corrected chi connectivity index (χ2v) is 3.50. The maximum atomic E-state index is 13.4. The van der Waals surface area contributed by atoms with Crippen molar-refractivity contribution in [1.29, 1.82) is 0 Å². The van der Waals surface area contributed by atoms with Gasteiger partial charge in [-0.3, -0.25) is 9.36 Å². The van der Waals surface area contributed by atoms with Crippen LogP contribution in [-0.4, -0.2) is 9.55 Å². The number of aromatic nitrogens is 2. The topological polar surface area (TPSA) is 44.1 Å². The van der Waals surface area contributed by atoms with Crippen LogP contribution in [0.2, 0.25) is 0 Å². The first-order chi connectivity index (χ1) is 8.63. The fourth-order valence-electron chi connectivity index (χ4n) is 1.42. The highest BCUT2D eigenvalue weighted by molar-refractivity contribution is 5.30. The Bertz CT molecular complexity index is 605. The van der Waals surface area contributed by atoms with Crippen molar-refractivity contribution < 1.29 is 13.5 Å². The number of nitrogens with zero attached hydrogens (tertiary/aromatic N) is 2. The largest absolute Gasteiger partial charge is 0.444 e. The van der Waals surface area contributed by atoms with Gasteiger partial charge >= 0.3 is 0 Å². The molecule has 2 rings (SSSR count). The van der Waals surface area contributed by atoms with E-state index in [9.17, 15) is 13.6 Å². The van der Waals surface area contributed by atoms with E-state index < -0.39 is 22.9 Å². The van der Waals surface area contributed by atoms with Gasteiger partial charge in [0, 0.05) is 6.54 Å². The van der Waals surface area contributed by atoms with Crippen LogP contribution in [0.25, 0.3) is 0 Å². The Morgan fingerprint density at radius 3 is 2.61 bits per heavy atom. The van der Waals surface area contributed by atoms with E-state index in [1.54, 1.807) is 6.92 Å². The van der Waals surface area contributed by atoms with Crippen LogP contribution in [-0.2, 0) is 6.54 Å². The number of ether oxygens (including phenoxy) is 1. The van der Waals surface area contributed by atoms with Gasteiger partial charge in [0.05, 0.1) is 12.5 Å². The molecule has 0 aliphatic heterocycles. The molecule has 0 saturated heterocycles. The van der Waals surface area contributed by atoms with Crippen molar-refractivity contribution in [3.05, 3.63) is 52.7 Å². The first-order valence-electron chi connectivity index (χ1n) is 5.29. The van der Waals surface area contributed by atoms with Crippen LogP contribution in [0.15, 0.2) is 35.5 Å². The molecule has 1 aromatic heterocycles. The van der Waals surface area contributed by atoms with Crippen LogP contribution < -0.4 is 10.3 Å². The molecule has 2 aromatic rings. The van der Waals surface area contributed by atoms with Crippen LogP contribution >= 0.6 is 0 Å².